The van der Waals surface area contributed by atoms with Gasteiger partial charge in [-0.1, -0.05) is 53.8 Å². The van der Waals surface area contributed by atoms with Crippen molar-refractivity contribution in [1.29, 1.82) is 0 Å². The maximum absolute atomic E-state index is 11.2. The fraction of sp³-hybridized carbons (Fsp3) is 0.167. The molecule has 0 aliphatic rings. The van der Waals surface area contributed by atoms with Crippen LogP contribution >= 0.6 is 11.3 Å². The van der Waals surface area contributed by atoms with Crippen LogP contribution in [0, 0.1) is 0 Å². The zero-order chi connectivity index (χ0) is 16.2. The van der Waals surface area contributed by atoms with Gasteiger partial charge >= 0.3 is 4.87 Å². The van der Waals surface area contributed by atoms with Crippen molar-refractivity contribution in [1.82, 2.24) is 10.3 Å². The number of hydrogen-bond donors (Lipinski definition) is 3. The molecule has 1 aromatic heterocycles. The molecular formula is C18H18N2O2S. The SMILES string of the molecule is CNCc1cccc(-c2ccc(Cc3sc(=O)[nH]c3O)cc2)c1. The second-order valence-corrected chi connectivity index (χ2v) is 6.46. The van der Waals surface area contributed by atoms with Gasteiger partial charge in [-0.3, -0.25) is 9.78 Å². The Morgan fingerprint density at radius 1 is 1.09 bits per heavy atom. The molecule has 3 N–H and O–H groups in total. The zero-order valence-electron chi connectivity index (χ0n) is 12.8. The summed E-state index contributed by atoms with van der Waals surface area (Å²) >= 11 is 1.05. The molecule has 0 bridgehead atoms. The van der Waals surface area contributed by atoms with Crippen molar-refractivity contribution in [2.45, 2.75) is 13.0 Å². The van der Waals surface area contributed by atoms with E-state index in [0.29, 0.717) is 11.3 Å². The van der Waals surface area contributed by atoms with Crippen molar-refractivity contribution in [2.24, 2.45) is 0 Å². The Balaban J connectivity index is 1.80. The lowest BCUT2D eigenvalue weighted by molar-refractivity contribution is 0.451. The molecule has 23 heavy (non-hydrogen) atoms. The van der Waals surface area contributed by atoms with Crippen LogP contribution in [0.3, 0.4) is 0 Å². The number of benzene rings is 2. The molecule has 0 radical (unpaired) electrons. The normalized spacial score (nSPS) is 10.8. The second kappa shape index (κ2) is 6.81. The summed E-state index contributed by atoms with van der Waals surface area (Å²) in [5, 5.41) is 12.8. The molecule has 118 valence electrons. The molecule has 5 heteroatoms. The van der Waals surface area contributed by atoms with Crippen molar-refractivity contribution < 1.29 is 5.11 Å². The number of aromatic amines is 1. The molecule has 0 unspecified atom stereocenters. The molecule has 0 saturated heterocycles. The summed E-state index contributed by atoms with van der Waals surface area (Å²) in [6.45, 7) is 0.845. The Morgan fingerprint density at radius 3 is 2.52 bits per heavy atom. The van der Waals surface area contributed by atoms with Crippen LogP contribution in [0.2, 0.25) is 0 Å². The van der Waals surface area contributed by atoms with Gasteiger partial charge < -0.3 is 10.4 Å². The first kappa shape index (κ1) is 15.5. The van der Waals surface area contributed by atoms with Crippen LogP contribution in [0.5, 0.6) is 5.88 Å². The van der Waals surface area contributed by atoms with Gasteiger partial charge in [-0.25, -0.2) is 0 Å². The smallest absolute Gasteiger partial charge is 0.307 e. The topological polar surface area (TPSA) is 65.1 Å². The summed E-state index contributed by atoms with van der Waals surface area (Å²) in [5.41, 5.74) is 4.64. The predicted octanol–water partition coefficient (Wildman–Crippen LogP) is 3.12. The molecule has 4 nitrogen and oxygen atoms in total. The highest BCUT2D eigenvalue weighted by Gasteiger charge is 2.08. The van der Waals surface area contributed by atoms with E-state index in [1.165, 1.54) is 11.1 Å². The van der Waals surface area contributed by atoms with E-state index < -0.39 is 0 Å². The van der Waals surface area contributed by atoms with Crippen molar-refractivity contribution in [3.8, 4) is 17.0 Å². The lowest BCUT2D eigenvalue weighted by atomic mass is 10.0. The first-order valence-corrected chi connectivity index (χ1v) is 8.21. The Kier molecular flexibility index (Phi) is 4.60. The van der Waals surface area contributed by atoms with E-state index in [2.05, 4.69) is 46.7 Å². The quantitative estimate of drug-likeness (QED) is 0.675. The first-order chi connectivity index (χ1) is 11.2. The number of nitrogens with one attached hydrogen (secondary N) is 2. The summed E-state index contributed by atoms with van der Waals surface area (Å²) in [6, 6.07) is 16.6. The van der Waals surface area contributed by atoms with E-state index in [-0.39, 0.29) is 10.8 Å². The molecule has 0 spiro atoms. The maximum atomic E-state index is 11.2. The van der Waals surface area contributed by atoms with Gasteiger partial charge in [0.1, 0.15) is 0 Å². The van der Waals surface area contributed by atoms with Crippen LogP contribution in [-0.2, 0) is 13.0 Å². The Bertz CT molecular complexity index is 850. The van der Waals surface area contributed by atoms with E-state index in [1.54, 1.807) is 0 Å². The highest BCUT2D eigenvalue weighted by Crippen LogP contribution is 2.24. The van der Waals surface area contributed by atoms with Crippen LogP contribution in [0.15, 0.2) is 53.3 Å². The third-order valence-electron chi connectivity index (χ3n) is 3.66. The van der Waals surface area contributed by atoms with Crippen molar-refractivity contribution in [3.05, 3.63) is 74.2 Å². The molecule has 0 fully saturated rings. The number of thiazole rings is 1. The van der Waals surface area contributed by atoms with Gasteiger partial charge in [0.05, 0.1) is 4.88 Å². The highest BCUT2D eigenvalue weighted by atomic mass is 32.1. The minimum absolute atomic E-state index is 0.0242. The number of hydrogen-bond acceptors (Lipinski definition) is 4. The molecule has 0 aliphatic carbocycles. The lowest BCUT2D eigenvalue weighted by Crippen LogP contribution is -2.04. The van der Waals surface area contributed by atoms with Crippen LogP contribution in [-0.4, -0.2) is 17.1 Å². The Morgan fingerprint density at radius 2 is 1.87 bits per heavy atom. The molecule has 1 heterocycles. The monoisotopic (exact) mass is 326 g/mol. The van der Waals surface area contributed by atoms with Crippen LogP contribution in [0.4, 0.5) is 0 Å². The van der Waals surface area contributed by atoms with E-state index in [4.69, 9.17) is 0 Å². The van der Waals surface area contributed by atoms with Crippen molar-refractivity contribution in [2.75, 3.05) is 7.05 Å². The van der Waals surface area contributed by atoms with Gasteiger partial charge in [0.2, 0.25) is 5.88 Å². The third kappa shape index (κ3) is 3.70. The van der Waals surface area contributed by atoms with Gasteiger partial charge in [0, 0.05) is 13.0 Å². The average molecular weight is 326 g/mol. The zero-order valence-corrected chi connectivity index (χ0v) is 13.6. The number of rotatable bonds is 5. The van der Waals surface area contributed by atoms with Gasteiger partial charge in [0.25, 0.3) is 0 Å². The fourth-order valence-corrected chi connectivity index (χ4v) is 3.30. The second-order valence-electron chi connectivity index (χ2n) is 5.39. The third-order valence-corrected chi connectivity index (χ3v) is 4.53. The molecule has 0 amide bonds. The summed E-state index contributed by atoms with van der Waals surface area (Å²) in [7, 11) is 1.94. The first-order valence-electron chi connectivity index (χ1n) is 7.39. The molecule has 3 rings (SSSR count). The summed E-state index contributed by atoms with van der Waals surface area (Å²) < 4.78 is 0. The minimum atomic E-state index is -0.226. The van der Waals surface area contributed by atoms with E-state index in [1.807, 2.05) is 19.2 Å². The lowest BCUT2D eigenvalue weighted by Gasteiger charge is -2.07. The Labute approximate surface area is 138 Å². The predicted molar refractivity (Wildman–Crippen MR) is 94.1 cm³/mol. The van der Waals surface area contributed by atoms with Gasteiger partial charge in [-0.15, -0.1) is 0 Å². The fourth-order valence-electron chi connectivity index (χ4n) is 2.54. The molecule has 0 aliphatic heterocycles. The molecule has 3 aromatic rings. The molecule has 0 atom stereocenters. The van der Waals surface area contributed by atoms with Gasteiger partial charge in [-0.2, -0.15) is 0 Å². The Hall–Kier alpha value is -2.37. The number of aromatic hydroxyl groups is 1. The molecule has 2 aromatic carbocycles. The largest absolute Gasteiger partial charge is 0.494 e. The summed E-state index contributed by atoms with van der Waals surface area (Å²) in [6.07, 6.45) is 0.551. The van der Waals surface area contributed by atoms with Crippen molar-refractivity contribution >= 4 is 11.3 Å². The van der Waals surface area contributed by atoms with Gasteiger partial charge in [-0.05, 0) is 35.4 Å². The van der Waals surface area contributed by atoms with E-state index in [0.717, 1.165) is 29.0 Å². The molecule has 0 saturated carbocycles. The number of aromatic nitrogens is 1. The molecular weight excluding hydrogens is 308 g/mol. The summed E-state index contributed by atoms with van der Waals surface area (Å²) in [5.74, 6) is -0.0242. The minimum Gasteiger partial charge on any atom is -0.494 e. The van der Waals surface area contributed by atoms with Crippen LogP contribution < -0.4 is 10.2 Å². The van der Waals surface area contributed by atoms with Gasteiger partial charge in [0.15, 0.2) is 0 Å². The summed E-state index contributed by atoms with van der Waals surface area (Å²) in [4.78, 5) is 14.1. The van der Waals surface area contributed by atoms with E-state index >= 15 is 0 Å². The maximum Gasteiger partial charge on any atom is 0.307 e. The average Bonchev–Trinajstić information content (AvgIpc) is 2.86. The van der Waals surface area contributed by atoms with Crippen LogP contribution in [0.1, 0.15) is 16.0 Å². The highest BCUT2D eigenvalue weighted by molar-refractivity contribution is 7.09. The number of H-pyrrole nitrogens is 1. The standard InChI is InChI=1S/C18H18N2O2S/c1-19-11-13-3-2-4-15(9-13)14-7-5-12(6-8-14)10-16-17(21)20-18(22)23-16/h2-9,19,21H,10-11H2,1H3,(H,20,22). The van der Waals surface area contributed by atoms with Crippen molar-refractivity contribution in [3.63, 3.8) is 0 Å². The van der Waals surface area contributed by atoms with E-state index in [9.17, 15) is 9.90 Å². The van der Waals surface area contributed by atoms with Crippen LogP contribution in [0.25, 0.3) is 11.1 Å².